The number of benzene rings is 1. The first kappa shape index (κ1) is 18.6. The lowest BCUT2D eigenvalue weighted by molar-refractivity contribution is 0.0558. The summed E-state index contributed by atoms with van der Waals surface area (Å²) >= 11 is 4.71. The molecular formula is C17H19BrN2O3S. The smallest absolute Gasteiger partial charge is 0.357 e. The zero-order valence-corrected chi connectivity index (χ0v) is 16.4. The van der Waals surface area contributed by atoms with Crippen molar-refractivity contribution in [2.24, 2.45) is 0 Å². The molecule has 0 unspecified atom stereocenters. The Labute approximate surface area is 153 Å². The molecule has 0 bridgehead atoms. The molecule has 2 rings (SSSR count). The maximum Gasteiger partial charge on any atom is 0.357 e. The van der Waals surface area contributed by atoms with Crippen LogP contribution in [0.15, 0.2) is 34.1 Å². The van der Waals surface area contributed by atoms with Crippen LogP contribution in [0.3, 0.4) is 0 Å². The number of amides is 1. The Morgan fingerprint density at radius 2 is 1.88 bits per heavy atom. The van der Waals surface area contributed by atoms with E-state index < -0.39 is 5.97 Å². The third-order valence-electron chi connectivity index (χ3n) is 3.39. The van der Waals surface area contributed by atoms with E-state index in [1.165, 1.54) is 18.4 Å². The van der Waals surface area contributed by atoms with Gasteiger partial charge in [-0.1, -0.05) is 15.9 Å². The van der Waals surface area contributed by atoms with Gasteiger partial charge in [0, 0.05) is 21.0 Å². The molecule has 1 aromatic heterocycles. The van der Waals surface area contributed by atoms with Gasteiger partial charge >= 0.3 is 5.97 Å². The maximum atomic E-state index is 12.9. The summed E-state index contributed by atoms with van der Waals surface area (Å²) in [4.78, 5) is 30.4. The van der Waals surface area contributed by atoms with E-state index in [1.807, 2.05) is 32.9 Å². The first-order chi connectivity index (χ1) is 11.2. The van der Waals surface area contributed by atoms with Crippen LogP contribution >= 0.6 is 27.3 Å². The van der Waals surface area contributed by atoms with E-state index in [0.717, 1.165) is 4.47 Å². The predicted molar refractivity (Wildman–Crippen MR) is 97.2 cm³/mol. The number of nitrogens with zero attached hydrogens (tertiary/aromatic N) is 2. The van der Waals surface area contributed by atoms with Gasteiger partial charge < -0.3 is 9.64 Å². The van der Waals surface area contributed by atoms with Gasteiger partial charge in [0.2, 0.25) is 0 Å². The van der Waals surface area contributed by atoms with E-state index in [4.69, 9.17) is 0 Å². The monoisotopic (exact) mass is 410 g/mol. The van der Waals surface area contributed by atoms with Crippen LogP contribution < -0.4 is 0 Å². The average Bonchev–Trinajstić information content (AvgIpc) is 2.99. The van der Waals surface area contributed by atoms with E-state index >= 15 is 0 Å². The molecule has 0 aliphatic rings. The zero-order chi connectivity index (χ0) is 17.9. The first-order valence-corrected chi connectivity index (χ1v) is 9.00. The summed E-state index contributed by atoms with van der Waals surface area (Å²) in [5.74, 6) is -0.552. The van der Waals surface area contributed by atoms with Crippen LogP contribution in [0.4, 0.5) is 0 Å². The molecule has 1 heterocycles. The molecule has 7 heteroatoms. The highest BCUT2D eigenvalue weighted by atomic mass is 79.9. The molecule has 0 radical (unpaired) electrons. The third kappa shape index (κ3) is 4.42. The number of carbonyl (C=O) groups excluding carboxylic acids is 2. The van der Waals surface area contributed by atoms with E-state index in [1.54, 1.807) is 22.4 Å². The van der Waals surface area contributed by atoms with E-state index in [9.17, 15) is 9.59 Å². The molecule has 0 fully saturated rings. The van der Waals surface area contributed by atoms with Crippen LogP contribution in [-0.2, 0) is 11.3 Å². The quantitative estimate of drug-likeness (QED) is 0.710. The van der Waals surface area contributed by atoms with E-state index in [0.29, 0.717) is 17.1 Å². The SMILES string of the molecule is COC(=O)c1csc(CN(C(=O)c2ccc(Br)cc2)C(C)(C)C)n1. The Kier molecular flexibility index (Phi) is 5.77. The molecule has 0 saturated heterocycles. The second kappa shape index (κ2) is 7.44. The third-order valence-corrected chi connectivity index (χ3v) is 4.75. The van der Waals surface area contributed by atoms with Crippen LogP contribution in [0, 0.1) is 0 Å². The lowest BCUT2D eigenvalue weighted by Gasteiger charge is -2.35. The summed E-state index contributed by atoms with van der Waals surface area (Å²) in [5.41, 5.74) is 0.488. The van der Waals surface area contributed by atoms with Gasteiger partial charge in [-0.25, -0.2) is 9.78 Å². The number of ether oxygens (including phenoxy) is 1. The van der Waals surface area contributed by atoms with Crippen molar-refractivity contribution in [1.82, 2.24) is 9.88 Å². The molecule has 0 saturated carbocycles. The van der Waals surface area contributed by atoms with Gasteiger partial charge in [-0.2, -0.15) is 0 Å². The summed E-state index contributed by atoms with van der Waals surface area (Å²) in [7, 11) is 1.32. The Hall–Kier alpha value is -1.73. The molecule has 2 aromatic rings. The van der Waals surface area contributed by atoms with Crippen LogP contribution in [0.2, 0.25) is 0 Å². The van der Waals surface area contributed by atoms with Crippen molar-refractivity contribution < 1.29 is 14.3 Å². The topological polar surface area (TPSA) is 59.5 Å². The summed E-state index contributed by atoms with van der Waals surface area (Å²) in [6.45, 7) is 6.25. The molecule has 0 N–H and O–H groups in total. The van der Waals surface area contributed by atoms with Gasteiger partial charge in [-0.05, 0) is 45.0 Å². The summed E-state index contributed by atoms with van der Waals surface area (Å²) in [5, 5.41) is 2.34. The van der Waals surface area contributed by atoms with Gasteiger partial charge in [0.1, 0.15) is 5.01 Å². The average molecular weight is 411 g/mol. The molecule has 5 nitrogen and oxygen atoms in total. The fourth-order valence-electron chi connectivity index (χ4n) is 2.08. The number of hydrogen-bond acceptors (Lipinski definition) is 5. The second-order valence-corrected chi connectivity index (χ2v) is 8.05. The number of rotatable bonds is 4. The maximum absolute atomic E-state index is 12.9. The molecule has 1 aromatic carbocycles. The number of esters is 1. The molecule has 24 heavy (non-hydrogen) atoms. The lowest BCUT2D eigenvalue weighted by atomic mass is 10.0. The van der Waals surface area contributed by atoms with Gasteiger partial charge in [-0.15, -0.1) is 11.3 Å². The number of carbonyl (C=O) groups is 2. The normalized spacial score (nSPS) is 11.2. The predicted octanol–water partition coefficient (Wildman–Crippen LogP) is 4.13. The van der Waals surface area contributed by atoms with Gasteiger partial charge in [0.05, 0.1) is 13.7 Å². The number of halogens is 1. The Balaban J connectivity index is 2.26. The molecule has 1 amide bonds. The minimum atomic E-state index is -0.473. The van der Waals surface area contributed by atoms with Crippen LogP contribution in [0.1, 0.15) is 46.6 Å². The molecule has 0 spiro atoms. The number of aromatic nitrogens is 1. The van der Waals surface area contributed by atoms with Crippen molar-refractivity contribution in [3.63, 3.8) is 0 Å². The van der Waals surface area contributed by atoms with Crippen molar-refractivity contribution in [2.45, 2.75) is 32.9 Å². The van der Waals surface area contributed by atoms with E-state index in [-0.39, 0.29) is 17.1 Å². The Morgan fingerprint density at radius 3 is 2.42 bits per heavy atom. The molecule has 128 valence electrons. The zero-order valence-electron chi connectivity index (χ0n) is 14.0. The van der Waals surface area contributed by atoms with Gasteiger partial charge in [0.25, 0.3) is 5.91 Å². The summed E-state index contributed by atoms with van der Waals surface area (Å²) in [6.07, 6.45) is 0. The Bertz CT molecular complexity index is 735. The fraction of sp³-hybridized carbons (Fsp3) is 0.353. The second-order valence-electron chi connectivity index (χ2n) is 6.19. The van der Waals surface area contributed by atoms with Crippen molar-refractivity contribution >= 4 is 39.1 Å². The number of thiazole rings is 1. The largest absolute Gasteiger partial charge is 0.464 e. The standard InChI is InChI=1S/C17H19BrN2O3S/c1-17(2,3)20(15(21)11-5-7-12(18)8-6-11)9-14-19-13(10-24-14)16(22)23-4/h5-8,10H,9H2,1-4H3. The first-order valence-electron chi connectivity index (χ1n) is 7.32. The highest BCUT2D eigenvalue weighted by Gasteiger charge is 2.28. The number of hydrogen-bond donors (Lipinski definition) is 0. The summed E-state index contributed by atoms with van der Waals surface area (Å²) in [6, 6.07) is 7.25. The minimum absolute atomic E-state index is 0.0789. The van der Waals surface area contributed by atoms with Crippen molar-refractivity contribution in [3.8, 4) is 0 Å². The molecule has 0 aliphatic carbocycles. The van der Waals surface area contributed by atoms with Gasteiger partial charge in [-0.3, -0.25) is 4.79 Å². The fourth-order valence-corrected chi connectivity index (χ4v) is 3.09. The van der Waals surface area contributed by atoms with Crippen LogP contribution in [0.5, 0.6) is 0 Å². The van der Waals surface area contributed by atoms with Crippen LogP contribution in [-0.4, -0.2) is 34.4 Å². The van der Waals surface area contributed by atoms with Crippen molar-refractivity contribution in [2.75, 3.05) is 7.11 Å². The van der Waals surface area contributed by atoms with Gasteiger partial charge in [0.15, 0.2) is 5.69 Å². The molecular weight excluding hydrogens is 392 g/mol. The van der Waals surface area contributed by atoms with Crippen molar-refractivity contribution in [3.05, 3.63) is 50.4 Å². The molecule has 0 atom stereocenters. The molecule has 0 aliphatic heterocycles. The minimum Gasteiger partial charge on any atom is -0.464 e. The van der Waals surface area contributed by atoms with Crippen molar-refractivity contribution in [1.29, 1.82) is 0 Å². The number of methoxy groups -OCH3 is 1. The summed E-state index contributed by atoms with van der Waals surface area (Å²) < 4.78 is 5.59. The van der Waals surface area contributed by atoms with E-state index in [2.05, 4.69) is 25.7 Å². The highest BCUT2D eigenvalue weighted by Crippen LogP contribution is 2.23. The van der Waals surface area contributed by atoms with Crippen LogP contribution in [0.25, 0.3) is 0 Å². The highest BCUT2D eigenvalue weighted by molar-refractivity contribution is 9.10. The lowest BCUT2D eigenvalue weighted by Crippen LogP contribution is -2.45. The Morgan fingerprint density at radius 1 is 1.25 bits per heavy atom.